The maximum Gasteiger partial charge on any atom is 0.237 e. The van der Waals surface area contributed by atoms with Crippen molar-refractivity contribution in [2.75, 3.05) is 18.8 Å². The van der Waals surface area contributed by atoms with E-state index in [1.54, 1.807) is 0 Å². The van der Waals surface area contributed by atoms with Crippen LogP contribution in [0.1, 0.15) is 6.42 Å². The molecule has 8 heteroatoms. The van der Waals surface area contributed by atoms with Gasteiger partial charge in [-0.25, -0.2) is 8.42 Å². The molecule has 2 aliphatic heterocycles. The summed E-state index contributed by atoms with van der Waals surface area (Å²) in [5, 5.41) is -0.168. The number of amidine groups is 1. The van der Waals surface area contributed by atoms with Gasteiger partial charge in [0.25, 0.3) is 0 Å². The van der Waals surface area contributed by atoms with Crippen molar-refractivity contribution in [1.29, 1.82) is 0 Å². The molecule has 0 spiro atoms. The van der Waals surface area contributed by atoms with Gasteiger partial charge in [-0.15, -0.1) is 0 Å². The van der Waals surface area contributed by atoms with E-state index in [1.807, 2.05) is 0 Å². The Morgan fingerprint density at radius 2 is 2.27 bits per heavy atom. The number of thioether (sulfide) groups is 1. The maximum atomic E-state index is 11.5. The zero-order valence-electron chi connectivity index (χ0n) is 7.72. The molecule has 0 aliphatic carbocycles. The summed E-state index contributed by atoms with van der Waals surface area (Å²) in [5.41, 5.74) is 0. The minimum atomic E-state index is -3.65. The van der Waals surface area contributed by atoms with E-state index in [9.17, 15) is 13.2 Å². The van der Waals surface area contributed by atoms with Crippen LogP contribution in [0.5, 0.6) is 0 Å². The molecular weight excluding hydrogens is 260 g/mol. The van der Waals surface area contributed by atoms with Gasteiger partial charge in [-0.1, -0.05) is 11.8 Å². The predicted octanol–water partition coefficient (Wildman–Crippen LogP) is 0.259. The number of hydrogen-bond acceptors (Lipinski definition) is 5. The van der Waals surface area contributed by atoms with E-state index in [0.717, 1.165) is 5.75 Å². The van der Waals surface area contributed by atoms with Crippen molar-refractivity contribution >= 4 is 42.6 Å². The monoisotopic (exact) mass is 268 g/mol. The fraction of sp³-hybridized carbons (Fsp3) is 0.714. The van der Waals surface area contributed by atoms with Crippen molar-refractivity contribution in [3.8, 4) is 0 Å². The normalized spacial score (nSPS) is 27.3. The zero-order valence-corrected chi connectivity index (χ0v) is 10.1. The van der Waals surface area contributed by atoms with Crippen molar-refractivity contribution in [2.45, 2.75) is 11.7 Å². The topological polar surface area (TPSA) is 66.8 Å². The number of carbonyl (C=O) groups excluding carboxylic acids is 1. The van der Waals surface area contributed by atoms with E-state index in [1.165, 1.54) is 16.7 Å². The Balaban J connectivity index is 2.14. The molecule has 1 amide bonds. The highest BCUT2D eigenvalue weighted by Crippen LogP contribution is 2.26. The van der Waals surface area contributed by atoms with Gasteiger partial charge in [0.15, 0.2) is 5.17 Å². The van der Waals surface area contributed by atoms with Crippen LogP contribution in [0.3, 0.4) is 0 Å². The van der Waals surface area contributed by atoms with Crippen LogP contribution < -0.4 is 0 Å². The fourth-order valence-electron chi connectivity index (χ4n) is 1.54. The third-order valence-electron chi connectivity index (χ3n) is 2.29. The molecule has 1 fully saturated rings. The lowest BCUT2D eigenvalue weighted by Gasteiger charge is -2.14. The average molecular weight is 269 g/mol. The molecule has 0 radical (unpaired) electrons. The second-order valence-corrected chi connectivity index (χ2v) is 7.29. The Bertz CT molecular complexity index is 420. The average Bonchev–Trinajstić information content (AvgIpc) is 2.69. The highest BCUT2D eigenvalue weighted by atomic mass is 35.7. The Morgan fingerprint density at radius 1 is 1.53 bits per heavy atom. The summed E-state index contributed by atoms with van der Waals surface area (Å²) in [6.45, 7) is 0.818. The van der Waals surface area contributed by atoms with Gasteiger partial charge in [-0.3, -0.25) is 14.7 Å². The zero-order chi connectivity index (χ0) is 11.1. The standard InChI is InChI=1S/C7H9ClN2O3S2/c8-15(12,13)5-3-6(11)10(4-5)7-9-1-2-14-7/h5H,1-4H2. The number of rotatable bonds is 1. The molecule has 2 rings (SSSR count). The smallest absolute Gasteiger partial charge is 0.237 e. The summed E-state index contributed by atoms with van der Waals surface area (Å²) < 4.78 is 22.2. The fourth-order valence-corrected chi connectivity index (χ4v) is 3.44. The van der Waals surface area contributed by atoms with Gasteiger partial charge in [0.05, 0.1) is 6.54 Å². The number of halogens is 1. The summed E-state index contributed by atoms with van der Waals surface area (Å²) in [6.07, 6.45) is -0.0363. The number of likely N-dealkylation sites (tertiary alicyclic amines) is 1. The van der Waals surface area contributed by atoms with Gasteiger partial charge in [-0.2, -0.15) is 0 Å². The minimum absolute atomic E-state index is 0.0363. The van der Waals surface area contributed by atoms with E-state index in [-0.39, 0.29) is 18.9 Å². The second-order valence-electron chi connectivity index (χ2n) is 3.32. The first-order valence-electron chi connectivity index (χ1n) is 4.39. The van der Waals surface area contributed by atoms with Crippen molar-refractivity contribution in [3.05, 3.63) is 0 Å². The van der Waals surface area contributed by atoms with E-state index in [0.29, 0.717) is 11.7 Å². The number of hydrogen-bond donors (Lipinski definition) is 0. The molecule has 1 saturated heterocycles. The van der Waals surface area contributed by atoms with Gasteiger partial charge >= 0.3 is 0 Å². The first-order valence-corrected chi connectivity index (χ1v) is 7.75. The molecular formula is C7H9ClN2O3S2. The Morgan fingerprint density at radius 3 is 2.73 bits per heavy atom. The van der Waals surface area contributed by atoms with E-state index in [4.69, 9.17) is 10.7 Å². The van der Waals surface area contributed by atoms with Crippen LogP contribution in [0.4, 0.5) is 0 Å². The lowest BCUT2D eigenvalue weighted by molar-refractivity contribution is -0.124. The Hall–Kier alpha value is -0.270. The molecule has 1 unspecified atom stereocenters. The maximum absolute atomic E-state index is 11.5. The molecule has 0 bridgehead atoms. The minimum Gasteiger partial charge on any atom is -0.290 e. The van der Waals surface area contributed by atoms with Crippen molar-refractivity contribution in [2.24, 2.45) is 4.99 Å². The van der Waals surface area contributed by atoms with Crippen LogP contribution >= 0.6 is 22.4 Å². The lowest BCUT2D eigenvalue weighted by Crippen LogP contribution is -2.30. The quantitative estimate of drug-likeness (QED) is 0.640. The first-order chi connectivity index (χ1) is 6.98. The molecule has 2 heterocycles. The van der Waals surface area contributed by atoms with Gasteiger partial charge in [0.2, 0.25) is 15.0 Å². The number of aliphatic imine (C=N–C) groups is 1. The summed E-state index contributed by atoms with van der Waals surface area (Å²) in [5.74, 6) is 0.634. The third-order valence-corrected chi connectivity index (χ3v) is 5.15. The molecule has 0 aromatic heterocycles. The highest BCUT2D eigenvalue weighted by Gasteiger charge is 2.39. The van der Waals surface area contributed by atoms with Crippen LogP contribution in [-0.4, -0.2) is 48.5 Å². The lowest BCUT2D eigenvalue weighted by atomic mass is 10.4. The molecule has 2 aliphatic rings. The SMILES string of the molecule is O=C1CC(S(=O)(=O)Cl)CN1C1=NCCS1. The first kappa shape index (κ1) is 11.2. The molecule has 0 aromatic rings. The molecule has 84 valence electrons. The Labute approximate surface area is 96.3 Å². The van der Waals surface area contributed by atoms with E-state index >= 15 is 0 Å². The molecule has 15 heavy (non-hydrogen) atoms. The van der Waals surface area contributed by atoms with Crippen LogP contribution in [0.25, 0.3) is 0 Å². The van der Waals surface area contributed by atoms with Crippen molar-refractivity contribution in [3.63, 3.8) is 0 Å². The molecule has 0 aromatic carbocycles. The summed E-state index contributed by atoms with van der Waals surface area (Å²) >= 11 is 1.47. The predicted molar refractivity (Wildman–Crippen MR) is 59.7 cm³/mol. The van der Waals surface area contributed by atoms with Crippen molar-refractivity contribution < 1.29 is 13.2 Å². The summed E-state index contributed by atoms with van der Waals surface area (Å²) in [7, 11) is 1.57. The molecule has 5 nitrogen and oxygen atoms in total. The molecule has 0 saturated carbocycles. The molecule has 1 atom stereocenters. The van der Waals surface area contributed by atoms with Crippen LogP contribution in [0.15, 0.2) is 4.99 Å². The number of amides is 1. The summed E-state index contributed by atoms with van der Waals surface area (Å²) in [4.78, 5) is 17.1. The van der Waals surface area contributed by atoms with E-state index in [2.05, 4.69) is 4.99 Å². The third kappa shape index (κ3) is 2.29. The van der Waals surface area contributed by atoms with E-state index < -0.39 is 14.3 Å². The number of nitrogens with zero attached hydrogens (tertiary/aromatic N) is 2. The van der Waals surface area contributed by atoms with Crippen LogP contribution in [0, 0.1) is 0 Å². The van der Waals surface area contributed by atoms with Gasteiger partial charge in [0.1, 0.15) is 5.25 Å². The summed E-state index contributed by atoms with van der Waals surface area (Å²) in [6, 6.07) is 0. The van der Waals surface area contributed by atoms with Crippen molar-refractivity contribution in [1.82, 2.24) is 4.90 Å². The van der Waals surface area contributed by atoms with Gasteiger partial charge < -0.3 is 0 Å². The second kappa shape index (κ2) is 3.95. The largest absolute Gasteiger partial charge is 0.290 e. The number of carbonyl (C=O) groups is 1. The molecule has 0 N–H and O–H groups in total. The van der Waals surface area contributed by atoms with Crippen LogP contribution in [0.2, 0.25) is 0 Å². The highest BCUT2D eigenvalue weighted by molar-refractivity contribution is 8.14. The van der Waals surface area contributed by atoms with Crippen LogP contribution in [-0.2, 0) is 13.8 Å². The van der Waals surface area contributed by atoms with Gasteiger partial charge in [0, 0.05) is 29.4 Å². The Kier molecular flexibility index (Phi) is 2.96. The van der Waals surface area contributed by atoms with Gasteiger partial charge in [-0.05, 0) is 0 Å².